The highest BCUT2D eigenvalue weighted by molar-refractivity contribution is 5.82. The maximum Gasteiger partial charge on any atom is 0.120 e. The van der Waals surface area contributed by atoms with E-state index in [4.69, 9.17) is 4.74 Å². The van der Waals surface area contributed by atoms with Crippen LogP contribution in [0.5, 0.6) is 5.75 Å². The first-order chi connectivity index (χ1) is 11.4. The quantitative estimate of drug-likeness (QED) is 0.555. The number of rotatable bonds is 6. The molecule has 0 saturated carbocycles. The summed E-state index contributed by atoms with van der Waals surface area (Å²) in [7, 11) is 0. The van der Waals surface area contributed by atoms with Crippen molar-refractivity contribution >= 4 is 11.9 Å². The largest absolute Gasteiger partial charge is 0.488 e. The van der Waals surface area contributed by atoms with Crippen molar-refractivity contribution in [2.24, 2.45) is 4.99 Å². The molecule has 0 N–H and O–H groups in total. The molecule has 0 aromatic heterocycles. The summed E-state index contributed by atoms with van der Waals surface area (Å²) in [6, 6.07) is 16.6. The molecule has 24 heavy (non-hydrogen) atoms. The van der Waals surface area contributed by atoms with E-state index in [9.17, 15) is 0 Å². The number of nitrogens with zero attached hydrogens (tertiary/aromatic N) is 1. The number of aliphatic imine (C=N–C) groups is 1. The molecule has 0 spiro atoms. The summed E-state index contributed by atoms with van der Waals surface area (Å²) in [5, 5.41) is 0. The molecular weight excluding hydrogens is 294 g/mol. The second-order valence-electron chi connectivity index (χ2n) is 7.32. The van der Waals surface area contributed by atoms with E-state index in [1.54, 1.807) is 0 Å². The highest BCUT2D eigenvalue weighted by Crippen LogP contribution is 2.23. The minimum atomic E-state index is -0.174. The zero-order valence-electron chi connectivity index (χ0n) is 15.5. The highest BCUT2D eigenvalue weighted by Gasteiger charge is 2.11. The molecule has 2 aromatic carbocycles. The molecule has 0 radical (unpaired) electrons. The summed E-state index contributed by atoms with van der Waals surface area (Å²) in [6.45, 7) is 10.7. The van der Waals surface area contributed by atoms with Crippen molar-refractivity contribution in [1.82, 2.24) is 0 Å². The summed E-state index contributed by atoms with van der Waals surface area (Å²) in [5.41, 5.74) is 3.27. The summed E-state index contributed by atoms with van der Waals surface area (Å²) in [6.07, 6.45) is 4.34. The highest BCUT2D eigenvalue weighted by atomic mass is 16.5. The van der Waals surface area contributed by atoms with Gasteiger partial charge in [-0.2, -0.15) is 0 Å². The Morgan fingerprint density at radius 1 is 1.00 bits per heavy atom. The van der Waals surface area contributed by atoms with Gasteiger partial charge in [-0.25, -0.2) is 0 Å². The number of benzene rings is 2. The molecule has 0 heterocycles. The van der Waals surface area contributed by atoms with Crippen molar-refractivity contribution in [2.75, 3.05) is 0 Å². The predicted octanol–water partition coefficient (Wildman–Crippen LogP) is 6.52. The zero-order valence-corrected chi connectivity index (χ0v) is 15.5. The van der Waals surface area contributed by atoms with Gasteiger partial charge >= 0.3 is 0 Å². The Morgan fingerprint density at radius 3 is 2.17 bits per heavy atom. The van der Waals surface area contributed by atoms with Crippen LogP contribution in [0.15, 0.2) is 53.5 Å². The maximum atomic E-state index is 5.83. The lowest BCUT2D eigenvalue weighted by molar-refractivity contribution is 0.131. The Bertz CT molecular complexity index is 648. The molecule has 0 aliphatic heterocycles. The lowest BCUT2D eigenvalue weighted by Crippen LogP contribution is -2.22. The minimum Gasteiger partial charge on any atom is -0.488 e. The van der Waals surface area contributed by atoms with Crippen molar-refractivity contribution in [3.63, 3.8) is 0 Å². The fourth-order valence-electron chi connectivity index (χ4n) is 2.61. The minimum absolute atomic E-state index is 0.174. The van der Waals surface area contributed by atoms with E-state index >= 15 is 0 Å². The van der Waals surface area contributed by atoms with Crippen molar-refractivity contribution in [1.29, 1.82) is 0 Å². The Hall–Kier alpha value is -2.09. The van der Waals surface area contributed by atoms with E-state index in [-0.39, 0.29) is 5.60 Å². The second-order valence-corrected chi connectivity index (χ2v) is 7.32. The monoisotopic (exact) mass is 323 g/mol. The van der Waals surface area contributed by atoms with E-state index in [0.29, 0.717) is 5.92 Å². The van der Waals surface area contributed by atoms with Gasteiger partial charge in [-0.1, -0.05) is 32.4 Å². The average molecular weight is 323 g/mol. The van der Waals surface area contributed by atoms with Crippen LogP contribution >= 0.6 is 0 Å². The summed E-state index contributed by atoms with van der Waals surface area (Å²) >= 11 is 0. The molecule has 0 aliphatic rings. The van der Waals surface area contributed by atoms with Crippen molar-refractivity contribution in [3.05, 3.63) is 59.7 Å². The Morgan fingerprint density at radius 2 is 1.62 bits per heavy atom. The van der Waals surface area contributed by atoms with Gasteiger partial charge < -0.3 is 4.74 Å². The molecule has 0 saturated heterocycles. The van der Waals surface area contributed by atoms with E-state index in [0.717, 1.165) is 17.0 Å². The van der Waals surface area contributed by atoms with Gasteiger partial charge in [0.05, 0.1) is 5.69 Å². The lowest BCUT2D eigenvalue weighted by Gasteiger charge is -2.21. The third-order valence-electron chi connectivity index (χ3n) is 3.85. The first-order valence-corrected chi connectivity index (χ1v) is 8.80. The standard InChI is InChI=1S/C22H29NO/c1-6-7-17(2)19-10-12-20(13-11-19)23-16-18-8-14-21(15-9-18)24-22(3,4)5/h8-17H,6-7H2,1-5H3. The molecule has 0 fully saturated rings. The molecule has 0 bridgehead atoms. The number of ether oxygens (including phenoxy) is 1. The van der Waals surface area contributed by atoms with E-state index in [1.165, 1.54) is 18.4 Å². The Kier molecular flexibility index (Phi) is 6.19. The van der Waals surface area contributed by atoms with Crippen LogP contribution < -0.4 is 4.74 Å². The van der Waals surface area contributed by atoms with Gasteiger partial charge in [0.1, 0.15) is 11.4 Å². The average Bonchev–Trinajstić information content (AvgIpc) is 2.53. The Labute approximate surface area is 146 Å². The van der Waals surface area contributed by atoms with Crippen LogP contribution in [0.4, 0.5) is 5.69 Å². The zero-order chi connectivity index (χ0) is 17.6. The molecule has 2 nitrogen and oxygen atoms in total. The van der Waals surface area contributed by atoms with Crippen molar-refractivity contribution < 1.29 is 4.74 Å². The smallest absolute Gasteiger partial charge is 0.120 e. The van der Waals surface area contributed by atoms with E-state index < -0.39 is 0 Å². The summed E-state index contributed by atoms with van der Waals surface area (Å²) in [5.74, 6) is 1.50. The summed E-state index contributed by atoms with van der Waals surface area (Å²) < 4.78 is 5.83. The topological polar surface area (TPSA) is 21.6 Å². The fraction of sp³-hybridized carbons (Fsp3) is 0.409. The maximum absolute atomic E-state index is 5.83. The first-order valence-electron chi connectivity index (χ1n) is 8.80. The predicted molar refractivity (Wildman–Crippen MR) is 104 cm³/mol. The normalized spacial score (nSPS) is 13.2. The third-order valence-corrected chi connectivity index (χ3v) is 3.85. The molecule has 2 heteroatoms. The van der Waals surface area contributed by atoms with Gasteiger partial charge in [-0.15, -0.1) is 0 Å². The van der Waals surface area contributed by atoms with Gasteiger partial charge in [-0.05, 0) is 80.6 Å². The third kappa shape index (κ3) is 5.84. The number of hydrogen-bond acceptors (Lipinski definition) is 2. The van der Waals surface area contributed by atoms with Gasteiger partial charge in [0.15, 0.2) is 0 Å². The van der Waals surface area contributed by atoms with Crippen LogP contribution in [-0.4, -0.2) is 11.8 Å². The first kappa shape index (κ1) is 18.3. The second kappa shape index (κ2) is 8.14. The van der Waals surface area contributed by atoms with Crippen LogP contribution in [0, 0.1) is 0 Å². The molecule has 2 aromatic rings. The molecule has 128 valence electrons. The van der Waals surface area contributed by atoms with Crippen LogP contribution in [0.25, 0.3) is 0 Å². The van der Waals surface area contributed by atoms with E-state index in [2.05, 4.69) is 43.1 Å². The SMILES string of the molecule is CCCC(C)c1ccc(N=Cc2ccc(OC(C)(C)C)cc2)cc1. The van der Waals surface area contributed by atoms with Crippen molar-refractivity contribution in [2.45, 2.75) is 59.0 Å². The van der Waals surface area contributed by atoms with Crippen LogP contribution in [0.2, 0.25) is 0 Å². The van der Waals surface area contributed by atoms with Gasteiger partial charge in [0.25, 0.3) is 0 Å². The summed E-state index contributed by atoms with van der Waals surface area (Å²) in [4.78, 5) is 4.56. The van der Waals surface area contributed by atoms with Gasteiger partial charge in [-0.3, -0.25) is 4.99 Å². The van der Waals surface area contributed by atoms with Crippen LogP contribution in [0.1, 0.15) is 64.5 Å². The van der Waals surface area contributed by atoms with Crippen LogP contribution in [0.3, 0.4) is 0 Å². The van der Waals surface area contributed by atoms with Crippen LogP contribution in [-0.2, 0) is 0 Å². The molecular formula is C22H29NO. The lowest BCUT2D eigenvalue weighted by atomic mass is 9.96. The molecule has 0 amide bonds. The fourth-order valence-corrected chi connectivity index (χ4v) is 2.61. The molecule has 1 unspecified atom stereocenters. The van der Waals surface area contributed by atoms with Gasteiger partial charge in [0, 0.05) is 6.21 Å². The molecule has 0 aliphatic carbocycles. The number of hydrogen-bond donors (Lipinski definition) is 0. The Balaban J connectivity index is 2.00. The van der Waals surface area contributed by atoms with E-state index in [1.807, 2.05) is 51.3 Å². The molecule has 2 rings (SSSR count). The van der Waals surface area contributed by atoms with Gasteiger partial charge in [0.2, 0.25) is 0 Å². The molecule has 1 atom stereocenters. The van der Waals surface area contributed by atoms with Crippen molar-refractivity contribution in [3.8, 4) is 5.75 Å².